The standard InChI is InChI=1S/C8H17NO3S/c1-9(2,13(10,11)12)8-6-4-3-5-7-8/h8H,3-7H2,1-2H3/p+1. The zero-order valence-corrected chi connectivity index (χ0v) is 9.05. The maximum atomic E-state index is 11.1. The Kier molecular flexibility index (Phi) is 2.99. The van der Waals surface area contributed by atoms with Crippen molar-refractivity contribution >= 4 is 10.3 Å². The minimum Gasteiger partial charge on any atom is -0.241 e. The lowest BCUT2D eigenvalue weighted by Crippen LogP contribution is -2.53. The Morgan fingerprint density at radius 3 is 2.00 bits per heavy atom. The first-order valence-electron chi connectivity index (χ1n) is 4.67. The van der Waals surface area contributed by atoms with Gasteiger partial charge in [0, 0.05) is 12.8 Å². The lowest BCUT2D eigenvalue weighted by molar-refractivity contribution is -0.798. The van der Waals surface area contributed by atoms with Crippen molar-refractivity contribution in [2.45, 2.75) is 38.1 Å². The van der Waals surface area contributed by atoms with Gasteiger partial charge in [0.25, 0.3) is 0 Å². The fourth-order valence-corrected chi connectivity index (χ4v) is 2.48. The molecule has 0 unspecified atom stereocenters. The Balaban J connectivity index is 2.79. The highest BCUT2D eigenvalue weighted by molar-refractivity contribution is 7.80. The molecule has 0 aromatic carbocycles. The van der Waals surface area contributed by atoms with Crippen LogP contribution in [0.25, 0.3) is 0 Å². The second-order valence-corrected chi connectivity index (χ2v) is 6.01. The topological polar surface area (TPSA) is 54.4 Å². The Hall–Kier alpha value is -0.130. The molecule has 1 aliphatic carbocycles. The van der Waals surface area contributed by atoms with Crippen LogP contribution in [0, 0.1) is 0 Å². The number of hydrogen-bond donors (Lipinski definition) is 1. The normalized spacial score (nSPS) is 21.8. The van der Waals surface area contributed by atoms with E-state index in [1.807, 2.05) is 0 Å². The van der Waals surface area contributed by atoms with Crippen LogP contribution in [0.2, 0.25) is 0 Å². The molecular weight excluding hydrogens is 190 g/mol. The van der Waals surface area contributed by atoms with Crippen LogP contribution in [0.1, 0.15) is 32.1 Å². The molecule has 0 spiro atoms. The van der Waals surface area contributed by atoms with Crippen molar-refractivity contribution in [2.24, 2.45) is 0 Å². The number of nitrogens with zero attached hydrogens (tertiary/aromatic N) is 1. The second kappa shape index (κ2) is 3.55. The van der Waals surface area contributed by atoms with Crippen LogP contribution in [0.5, 0.6) is 0 Å². The number of hydrogen-bond acceptors (Lipinski definition) is 2. The molecule has 0 radical (unpaired) electrons. The molecule has 1 aliphatic rings. The van der Waals surface area contributed by atoms with Crippen LogP contribution < -0.4 is 0 Å². The molecule has 4 nitrogen and oxygen atoms in total. The third-order valence-electron chi connectivity index (χ3n) is 3.05. The van der Waals surface area contributed by atoms with Crippen LogP contribution in [0.15, 0.2) is 0 Å². The highest BCUT2D eigenvalue weighted by Gasteiger charge is 2.39. The third-order valence-corrected chi connectivity index (χ3v) is 4.54. The van der Waals surface area contributed by atoms with E-state index in [0.717, 1.165) is 25.7 Å². The average molecular weight is 208 g/mol. The lowest BCUT2D eigenvalue weighted by Gasteiger charge is -2.35. The van der Waals surface area contributed by atoms with Gasteiger partial charge in [0.1, 0.15) is 6.04 Å². The summed E-state index contributed by atoms with van der Waals surface area (Å²) >= 11 is 0. The Bertz CT molecular complexity index is 265. The van der Waals surface area contributed by atoms with Gasteiger partial charge in [-0.1, -0.05) is 6.42 Å². The summed E-state index contributed by atoms with van der Waals surface area (Å²) in [6.07, 6.45) is 5.12. The van der Waals surface area contributed by atoms with Gasteiger partial charge >= 0.3 is 10.3 Å². The fourth-order valence-electron chi connectivity index (χ4n) is 1.89. The molecule has 0 aliphatic heterocycles. The summed E-state index contributed by atoms with van der Waals surface area (Å²) in [7, 11) is -0.843. The predicted molar refractivity (Wildman–Crippen MR) is 50.5 cm³/mol. The Morgan fingerprint density at radius 2 is 1.62 bits per heavy atom. The average Bonchev–Trinajstić information content (AvgIpc) is 2.04. The third kappa shape index (κ3) is 2.21. The van der Waals surface area contributed by atoms with Crippen molar-refractivity contribution in [3.05, 3.63) is 0 Å². The van der Waals surface area contributed by atoms with Crippen molar-refractivity contribution in [2.75, 3.05) is 14.1 Å². The number of quaternary nitrogens is 1. The predicted octanol–water partition coefficient (Wildman–Crippen LogP) is 1.20. The zero-order valence-electron chi connectivity index (χ0n) is 8.23. The van der Waals surface area contributed by atoms with E-state index in [1.54, 1.807) is 14.1 Å². The van der Waals surface area contributed by atoms with Gasteiger partial charge < -0.3 is 0 Å². The van der Waals surface area contributed by atoms with Gasteiger partial charge in [-0.05, 0) is 12.8 Å². The van der Waals surface area contributed by atoms with Crippen molar-refractivity contribution in [1.82, 2.24) is 0 Å². The molecule has 1 N–H and O–H groups in total. The smallest absolute Gasteiger partial charge is 0.241 e. The lowest BCUT2D eigenvalue weighted by atomic mass is 9.95. The quantitative estimate of drug-likeness (QED) is 0.548. The van der Waals surface area contributed by atoms with E-state index in [9.17, 15) is 8.42 Å². The van der Waals surface area contributed by atoms with Gasteiger partial charge in [-0.25, -0.2) is 4.55 Å². The molecule has 0 bridgehead atoms. The van der Waals surface area contributed by atoms with Gasteiger partial charge in [0.2, 0.25) is 0 Å². The zero-order chi connectivity index (χ0) is 10.1. The van der Waals surface area contributed by atoms with Crippen molar-refractivity contribution < 1.29 is 16.9 Å². The molecule has 0 saturated heterocycles. The van der Waals surface area contributed by atoms with Gasteiger partial charge in [0.15, 0.2) is 0 Å². The number of rotatable bonds is 2. The summed E-state index contributed by atoms with van der Waals surface area (Å²) in [6.45, 7) is 0. The molecule has 1 saturated carbocycles. The summed E-state index contributed by atoms with van der Waals surface area (Å²) in [5, 5.41) is 0. The monoisotopic (exact) mass is 208 g/mol. The molecule has 13 heavy (non-hydrogen) atoms. The minimum atomic E-state index is -3.96. The van der Waals surface area contributed by atoms with Crippen LogP contribution >= 0.6 is 0 Å². The van der Waals surface area contributed by atoms with Gasteiger partial charge in [-0.3, -0.25) is 0 Å². The summed E-state index contributed by atoms with van der Waals surface area (Å²) in [6, 6.07) is 0.0590. The van der Waals surface area contributed by atoms with Gasteiger partial charge in [-0.2, -0.15) is 3.89 Å². The van der Waals surface area contributed by atoms with Gasteiger partial charge in [-0.15, -0.1) is 8.42 Å². The molecule has 0 amide bonds. The van der Waals surface area contributed by atoms with Crippen LogP contribution in [-0.2, 0) is 10.3 Å². The molecular formula is C8H18NO3S+. The van der Waals surface area contributed by atoms with Crippen LogP contribution in [0.3, 0.4) is 0 Å². The van der Waals surface area contributed by atoms with E-state index in [-0.39, 0.29) is 9.93 Å². The second-order valence-electron chi connectivity index (χ2n) is 4.17. The maximum Gasteiger partial charge on any atom is 0.432 e. The first-order valence-corrected chi connectivity index (χ1v) is 6.06. The maximum absolute atomic E-state index is 11.1. The largest absolute Gasteiger partial charge is 0.432 e. The minimum absolute atomic E-state index is 0.0590. The molecule has 78 valence electrons. The fraction of sp³-hybridized carbons (Fsp3) is 1.00. The van der Waals surface area contributed by atoms with E-state index < -0.39 is 10.3 Å². The SMILES string of the molecule is C[N+](C)(C1CCCCC1)S(=O)(=O)O. The first-order chi connectivity index (χ1) is 5.86. The highest BCUT2D eigenvalue weighted by atomic mass is 32.2. The van der Waals surface area contributed by atoms with Crippen molar-refractivity contribution in [3.8, 4) is 0 Å². The summed E-state index contributed by atoms with van der Waals surface area (Å²) < 4.78 is 30.9. The Morgan fingerprint density at radius 1 is 1.15 bits per heavy atom. The summed E-state index contributed by atoms with van der Waals surface area (Å²) in [4.78, 5) is 0. The van der Waals surface area contributed by atoms with Gasteiger partial charge in [0.05, 0.1) is 14.1 Å². The van der Waals surface area contributed by atoms with Crippen LogP contribution in [-0.4, -0.2) is 37.0 Å². The van der Waals surface area contributed by atoms with Crippen molar-refractivity contribution in [3.63, 3.8) is 0 Å². The van der Waals surface area contributed by atoms with Crippen molar-refractivity contribution in [1.29, 1.82) is 0 Å². The van der Waals surface area contributed by atoms with E-state index >= 15 is 0 Å². The van der Waals surface area contributed by atoms with E-state index in [2.05, 4.69) is 0 Å². The molecule has 0 atom stereocenters. The van der Waals surface area contributed by atoms with E-state index in [1.165, 1.54) is 6.42 Å². The molecule has 0 aromatic heterocycles. The Labute approximate surface area is 80.0 Å². The van der Waals surface area contributed by atoms with E-state index in [4.69, 9.17) is 4.55 Å². The molecule has 1 fully saturated rings. The molecule has 0 aromatic rings. The summed E-state index contributed by atoms with van der Waals surface area (Å²) in [5.74, 6) is 0. The summed E-state index contributed by atoms with van der Waals surface area (Å²) in [5.41, 5.74) is 0. The molecule has 5 heteroatoms. The molecule has 0 heterocycles. The molecule has 1 rings (SSSR count). The highest BCUT2D eigenvalue weighted by Crippen LogP contribution is 2.27. The van der Waals surface area contributed by atoms with E-state index in [0.29, 0.717) is 0 Å². The van der Waals surface area contributed by atoms with Crippen LogP contribution in [0.4, 0.5) is 0 Å². The first kappa shape index (κ1) is 10.9.